The molecule has 5 rings (SSSR count). The average molecular weight is 534 g/mol. The molecular formula is C30H32ClN3O2S. The van der Waals surface area contributed by atoms with Crippen LogP contribution in [-0.2, 0) is 6.54 Å². The Labute approximate surface area is 227 Å². The summed E-state index contributed by atoms with van der Waals surface area (Å²) in [5.41, 5.74) is 8.72. The Bertz CT molecular complexity index is 1390. The van der Waals surface area contributed by atoms with Crippen LogP contribution >= 0.6 is 22.9 Å². The zero-order valence-corrected chi connectivity index (χ0v) is 22.8. The summed E-state index contributed by atoms with van der Waals surface area (Å²) in [6.45, 7) is 2.71. The lowest BCUT2D eigenvalue weighted by molar-refractivity contribution is 0.0591. The van der Waals surface area contributed by atoms with E-state index in [4.69, 9.17) is 22.1 Å². The maximum Gasteiger partial charge on any atom is 0.266 e. The number of anilines is 1. The summed E-state index contributed by atoms with van der Waals surface area (Å²) in [7, 11) is 1.67. The Morgan fingerprint density at radius 3 is 2.54 bits per heavy atom. The standard InChI is InChI=1S/C30H32ClN3O2S/c1-3-19-8-12-23(13-9-19)34(30(35)29-28(31)24-6-4-5-7-26(24)37-29)18-22-16-20(10-14-25(22)36-2)21-11-15-27(32)33-17-21/h4-7,10-11,14-17,19,23H,3,8-9,12-13,18H2,1-2H3,(H2,32,33)/t19-,23-. The molecule has 1 saturated carbocycles. The fourth-order valence-electron chi connectivity index (χ4n) is 5.35. The van der Waals surface area contributed by atoms with E-state index in [9.17, 15) is 4.79 Å². The molecule has 7 heteroatoms. The molecule has 1 amide bonds. The van der Waals surface area contributed by atoms with Gasteiger partial charge < -0.3 is 15.4 Å². The first-order valence-electron chi connectivity index (χ1n) is 12.8. The number of carbonyl (C=O) groups excluding carboxylic acids is 1. The van der Waals surface area contributed by atoms with Crippen molar-refractivity contribution in [2.45, 2.75) is 51.6 Å². The number of benzene rings is 2. The molecule has 1 aliphatic carbocycles. The number of hydrogen-bond donors (Lipinski definition) is 1. The summed E-state index contributed by atoms with van der Waals surface area (Å²) < 4.78 is 6.77. The van der Waals surface area contributed by atoms with Crippen LogP contribution in [-0.4, -0.2) is 28.9 Å². The fraction of sp³-hybridized carbons (Fsp3) is 0.333. The van der Waals surface area contributed by atoms with Gasteiger partial charge in [0.05, 0.1) is 12.1 Å². The Kier molecular flexibility index (Phi) is 7.68. The Hall–Kier alpha value is -3.09. The van der Waals surface area contributed by atoms with Crippen LogP contribution in [0.5, 0.6) is 5.75 Å². The number of nitrogens with zero attached hydrogens (tertiary/aromatic N) is 2. The number of thiophene rings is 1. The maximum atomic E-state index is 14.2. The number of halogens is 1. The van der Waals surface area contributed by atoms with E-state index in [1.54, 1.807) is 19.4 Å². The Morgan fingerprint density at radius 1 is 1.11 bits per heavy atom. The van der Waals surface area contributed by atoms with Crippen molar-refractivity contribution in [3.8, 4) is 16.9 Å². The van der Waals surface area contributed by atoms with Crippen molar-refractivity contribution in [3.63, 3.8) is 0 Å². The molecule has 2 N–H and O–H groups in total. The minimum atomic E-state index is -0.00671. The van der Waals surface area contributed by atoms with Crippen LogP contribution < -0.4 is 10.5 Å². The lowest BCUT2D eigenvalue weighted by Gasteiger charge is -2.37. The predicted octanol–water partition coefficient (Wildman–Crippen LogP) is 7.82. The van der Waals surface area contributed by atoms with Crippen molar-refractivity contribution in [1.82, 2.24) is 9.88 Å². The molecule has 0 bridgehead atoms. The van der Waals surface area contributed by atoms with Crippen LogP contribution in [0.2, 0.25) is 5.02 Å². The minimum absolute atomic E-state index is 0.00671. The molecule has 0 atom stereocenters. The van der Waals surface area contributed by atoms with Crippen LogP contribution in [0.15, 0.2) is 60.8 Å². The van der Waals surface area contributed by atoms with Gasteiger partial charge in [0.1, 0.15) is 16.4 Å². The topological polar surface area (TPSA) is 68.4 Å². The normalized spacial score (nSPS) is 17.6. The highest BCUT2D eigenvalue weighted by molar-refractivity contribution is 7.21. The van der Waals surface area contributed by atoms with E-state index in [0.29, 0.717) is 22.3 Å². The molecule has 1 aliphatic rings. The highest BCUT2D eigenvalue weighted by Gasteiger charge is 2.32. The number of amides is 1. The van der Waals surface area contributed by atoms with Gasteiger partial charge in [0.2, 0.25) is 0 Å². The van der Waals surface area contributed by atoms with Gasteiger partial charge in [-0.1, -0.05) is 49.2 Å². The predicted molar refractivity (Wildman–Crippen MR) is 153 cm³/mol. The largest absolute Gasteiger partial charge is 0.496 e. The van der Waals surface area contributed by atoms with Gasteiger partial charge in [-0.3, -0.25) is 4.79 Å². The van der Waals surface area contributed by atoms with Gasteiger partial charge in [0.15, 0.2) is 0 Å². The molecule has 2 aromatic heterocycles. The number of aromatic nitrogens is 1. The summed E-state index contributed by atoms with van der Waals surface area (Å²) in [4.78, 5) is 21.1. The quantitative estimate of drug-likeness (QED) is 0.263. The number of nitrogen functional groups attached to an aromatic ring is 1. The van der Waals surface area contributed by atoms with Gasteiger partial charge in [-0.15, -0.1) is 11.3 Å². The van der Waals surface area contributed by atoms with Gasteiger partial charge in [0.25, 0.3) is 5.91 Å². The first kappa shape index (κ1) is 25.6. The van der Waals surface area contributed by atoms with Gasteiger partial charge in [0, 0.05) is 40.0 Å². The molecule has 0 spiro atoms. The van der Waals surface area contributed by atoms with Crippen LogP contribution in [0.1, 0.15) is 54.3 Å². The van der Waals surface area contributed by atoms with Crippen LogP contribution in [0.3, 0.4) is 0 Å². The van der Waals surface area contributed by atoms with Crippen molar-refractivity contribution >= 4 is 44.7 Å². The summed E-state index contributed by atoms with van der Waals surface area (Å²) in [5.74, 6) is 1.97. The number of carbonyl (C=O) groups is 1. The first-order chi connectivity index (χ1) is 18.0. The number of nitrogens with two attached hydrogens (primary N) is 1. The molecule has 0 saturated heterocycles. The van der Waals surface area contributed by atoms with Crippen molar-refractivity contribution in [2.24, 2.45) is 5.92 Å². The second kappa shape index (κ2) is 11.1. The van der Waals surface area contributed by atoms with Crippen LogP contribution in [0, 0.1) is 5.92 Å². The SMILES string of the molecule is CC[C@H]1CC[C@H](N(Cc2cc(-c3ccc(N)nc3)ccc2OC)C(=O)c2sc3ccccc3c2Cl)CC1. The number of rotatable bonds is 7. The number of ether oxygens (including phenoxy) is 1. The molecule has 5 nitrogen and oxygen atoms in total. The number of fused-ring (bicyclic) bond motifs is 1. The van der Waals surface area contributed by atoms with E-state index in [0.717, 1.165) is 64.1 Å². The molecule has 37 heavy (non-hydrogen) atoms. The minimum Gasteiger partial charge on any atom is -0.496 e. The summed E-state index contributed by atoms with van der Waals surface area (Å²) in [5, 5.41) is 1.48. The molecular weight excluding hydrogens is 502 g/mol. The third kappa shape index (κ3) is 5.32. The number of methoxy groups -OCH3 is 1. The molecule has 0 unspecified atom stereocenters. The van der Waals surface area contributed by atoms with Gasteiger partial charge >= 0.3 is 0 Å². The first-order valence-corrected chi connectivity index (χ1v) is 14.0. The molecule has 1 fully saturated rings. The Morgan fingerprint density at radius 2 is 1.86 bits per heavy atom. The average Bonchev–Trinajstić information content (AvgIpc) is 3.28. The smallest absolute Gasteiger partial charge is 0.266 e. The van der Waals surface area contributed by atoms with E-state index in [1.165, 1.54) is 17.8 Å². The van der Waals surface area contributed by atoms with Crippen LogP contribution in [0.25, 0.3) is 21.2 Å². The second-order valence-corrected chi connectivity index (χ2v) is 11.2. The molecule has 4 aromatic rings. The highest BCUT2D eigenvalue weighted by atomic mass is 35.5. The highest BCUT2D eigenvalue weighted by Crippen LogP contribution is 2.39. The Balaban J connectivity index is 1.52. The molecule has 0 radical (unpaired) electrons. The van der Waals surface area contributed by atoms with E-state index in [2.05, 4.69) is 18.0 Å². The van der Waals surface area contributed by atoms with E-state index >= 15 is 0 Å². The van der Waals surface area contributed by atoms with E-state index < -0.39 is 0 Å². The second-order valence-electron chi connectivity index (χ2n) is 9.76. The third-order valence-electron chi connectivity index (χ3n) is 7.57. The molecule has 0 aliphatic heterocycles. The summed E-state index contributed by atoms with van der Waals surface area (Å²) >= 11 is 8.26. The molecule has 192 valence electrons. The van der Waals surface area contributed by atoms with Gasteiger partial charge in [-0.05, 0) is 67.5 Å². The van der Waals surface area contributed by atoms with E-state index in [-0.39, 0.29) is 11.9 Å². The van der Waals surface area contributed by atoms with Crippen molar-refractivity contribution in [2.75, 3.05) is 12.8 Å². The number of pyridine rings is 1. The van der Waals surface area contributed by atoms with Gasteiger partial charge in [-0.25, -0.2) is 4.98 Å². The van der Waals surface area contributed by atoms with Crippen molar-refractivity contribution in [1.29, 1.82) is 0 Å². The van der Waals surface area contributed by atoms with E-state index in [1.807, 2.05) is 47.4 Å². The van der Waals surface area contributed by atoms with Crippen molar-refractivity contribution in [3.05, 3.63) is 76.3 Å². The van der Waals surface area contributed by atoms with Gasteiger partial charge in [-0.2, -0.15) is 0 Å². The zero-order chi connectivity index (χ0) is 25.9. The lowest BCUT2D eigenvalue weighted by Crippen LogP contribution is -2.41. The zero-order valence-electron chi connectivity index (χ0n) is 21.2. The lowest BCUT2D eigenvalue weighted by atomic mass is 9.83. The maximum absolute atomic E-state index is 14.2. The summed E-state index contributed by atoms with van der Waals surface area (Å²) in [6, 6.07) is 17.9. The van der Waals surface area contributed by atoms with Crippen molar-refractivity contribution < 1.29 is 9.53 Å². The number of hydrogen-bond acceptors (Lipinski definition) is 5. The van der Waals surface area contributed by atoms with Crippen LogP contribution in [0.4, 0.5) is 5.82 Å². The third-order valence-corrected chi connectivity index (χ3v) is 9.23. The molecule has 2 heterocycles. The fourth-order valence-corrected chi connectivity index (χ4v) is 6.82. The monoisotopic (exact) mass is 533 g/mol. The summed E-state index contributed by atoms with van der Waals surface area (Å²) in [6.07, 6.45) is 7.23. The molecule has 2 aromatic carbocycles.